The molecule has 0 aromatic heterocycles. The van der Waals surface area contributed by atoms with Crippen molar-refractivity contribution in [2.75, 3.05) is 13.1 Å². The van der Waals surface area contributed by atoms with E-state index in [-0.39, 0.29) is 12.0 Å². The first-order valence-electron chi connectivity index (χ1n) is 12.1. The first kappa shape index (κ1) is 19.2. The number of amides is 1. The summed E-state index contributed by atoms with van der Waals surface area (Å²) in [6.45, 7) is 1.48. The van der Waals surface area contributed by atoms with Crippen molar-refractivity contribution in [2.45, 2.75) is 43.9 Å². The van der Waals surface area contributed by atoms with Crippen molar-refractivity contribution in [3.8, 4) is 5.75 Å². The monoisotopic (exact) mass is 437 g/mol. The van der Waals surface area contributed by atoms with Crippen LogP contribution in [0.5, 0.6) is 5.75 Å². The lowest BCUT2D eigenvalue weighted by Crippen LogP contribution is -2.59. The Bertz CT molecular complexity index is 1290. The molecule has 1 saturated heterocycles. The van der Waals surface area contributed by atoms with E-state index in [1.54, 1.807) is 0 Å². The lowest BCUT2D eigenvalue weighted by molar-refractivity contribution is -0.160. The maximum Gasteiger partial charge on any atom is 0.225 e. The fourth-order valence-corrected chi connectivity index (χ4v) is 5.77. The predicted octanol–water partition coefficient (Wildman–Crippen LogP) is 5.11. The largest absolute Gasteiger partial charge is 0.466 e. The number of hydrogen-bond donors (Lipinski definition) is 0. The van der Waals surface area contributed by atoms with Crippen molar-refractivity contribution in [2.24, 2.45) is 11.0 Å². The van der Waals surface area contributed by atoms with Crippen LogP contribution in [-0.4, -0.2) is 40.3 Å². The highest BCUT2D eigenvalue weighted by Crippen LogP contribution is 2.50. The SMILES string of the molecule is O=C(C1CC1)N1CCC2(CC1)Oc1ccccc1[C@@H]1CC(c3ccc4ccccc4c3)=NN12. The highest BCUT2D eigenvalue weighted by molar-refractivity contribution is 6.04. The molecule has 2 fully saturated rings. The third-order valence-corrected chi connectivity index (χ3v) is 7.77. The number of ether oxygens (including phenoxy) is 1. The van der Waals surface area contributed by atoms with Crippen LogP contribution in [0.25, 0.3) is 10.8 Å². The Hall–Kier alpha value is -3.34. The fourth-order valence-electron chi connectivity index (χ4n) is 5.77. The molecule has 166 valence electrons. The van der Waals surface area contributed by atoms with Crippen LogP contribution < -0.4 is 4.74 Å². The molecule has 5 heteroatoms. The molecule has 3 aliphatic heterocycles. The van der Waals surface area contributed by atoms with Crippen LogP contribution in [-0.2, 0) is 4.79 Å². The van der Waals surface area contributed by atoms with Gasteiger partial charge in [0.15, 0.2) is 0 Å². The van der Waals surface area contributed by atoms with Crippen LogP contribution in [0.1, 0.15) is 49.3 Å². The zero-order valence-corrected chi connectivity index (χ0v) is 18.6. The number of hydrazone groups is 1. The molecule has 3 aromatic carbocycles. The summed E-state index contributed by atoms with van der Waals surface area (Å²) >= 11 is 0. The normalized spacial score (nSPS) is 23.2. The molecular weight excluding hydrogens is 410 g/mol. The average Bonchev–Trinajstić information content (AvgIpc) is 3.61. The van der Waals surface area contributed by atoms with Crippen LogP contribution in [0.15, 0.2) is 71.8 Å². The number of hydrogen-bond acceptors (Lipinski definition) is 4. The second-order valence-corrected chi connectivity index (χ2v) is 9.86. The zero-order valence-electron chi connectivity index (χ0n) is 18.6. The van der Waals surface area contributed by atoms with Crippen molar-refractivity contribution in [1.82, 2.24) is 9.91 Å². The van der Waals surface area contributed by atoms with Gasteiger partial charge in [0.25, 0.3) is 0 Å². The summed E-state index contributed by atoms with van der Waals surface area (Å²) in [5.41, 5.74) is 3.01. The second-order valence-electron chi connectivity index (χ2n) is 9.86. The van der Waals surface area contributed by atoms with E-state index in [0.717, 1.165) is 56.7 Å². The number of rotatable bonds is 2. The van der Waals surface area contributed by atoms with Crippen LogP contribution in [0.4, 0.5) is 0 Å². The third-order valence-electron chi connectivity index (χ3n) is 7.77. The van der Waals surface area contributed by atoms with Gasteiger partial charge in [0.05, 0.1) is 11.8 Å². The number of nitrogens with zero attached hydrogens (tertiary/aromatic N) is 3. The molecule has 0 radical (unpaired) electrons. The van der Waals surface area contributed by atoms with Crippen LogP contribution >= 0.6 is 0 Å². The quantitative estimate of drug-likeness (QED) is 0.560. The average molecular weight is 438 g/mol. The molecule has 1 saturated carbocycles. The van der Waals surface area contributed by atoms with Gasteiger partial charge in [-0.25, -0.2) is 5.01 Å². The minimum absolute atomic E-state index is 0.169. The highest BCUT2D eigenvalue weighted by Gasteiger charge is 2.52. The van der Waals surface area contributed by atoms with E-state index in [9.17, 15) is 4.79 Å². The minimum Gasteiger partial charge on any atom is -0.466 e. The van der Waals surface area contributed by atoms with Gasteiger partial charge in [-0.3, -0.25) is 4.79 Å². The van der Waals surface area contributed by atoms with Gasteiger partial charge in [-0.1, -0.05) is 54.6 Å². The second kappa shape index (κ2) is 7.08. The summed E-state index contributed by atoms with van der Waals surface area (Å²) in [6.07, 6.45) is 4.54. The first-order valence-corrected chi connectivity index (χ1v) is 12.1. The number of para-hydroxylation sites is 1. The van der Waals surface area contributed by atoms with Gasteiger partial charge in [0, 0.05) is 43.8 Å². The van der Waals surface area contributed by atoms with E-state index in [2.05, 4.69) is 65.7 Å². The van der Waals surface area contributed by atoms with Gasteiger partial charge in [-0.05, 0) is 41.3 Å². The molecule has 1 spiro atoms. The van der Waals surface area contributed by atoms with Gasteiger partial charge in [0.2, 0.25) is 11.6 Å². The standard InChI is InChI=1S/C28H27N3O2/c32-27(20-10-11-20)30-15-13-28(14-16-30)31-25(23-7-3-4-8-26(23)33-28)18-24(29-31)22-12-9-19-5-1-2-6-21(19)17-22/h1-9,12,17,20,25H,10-11,13-16,18H2/t25-/m0/s1. The zero-order chi connectivity index (χ0) is 22.0. The molecule has 4 aliphatic rings. The molecule has 3 aromatic rings. The number of likely N-dealkylation sites (tertiary alicyclic amines) is 1. The summed E-state index contributed by atoms with van der Waals surface area (Å²) in [4.78, 5) is 14.7. The maximum absolute atomic E-state index is 12.6. The topological polar surface area (TPSA) is 45.1 Å². The lowest BCUT2D eigenvalue weighted by atomic mass is 9.90. The van der Waals surface area contributed by atoms with Crippen molar-refractivity contribution in [3.05, 3.63) is 77.9 Å². The number of piperidine rings is 1. The van der Waals surface area contributed by atoms with Crippen molar-refractivity contribution in [3.63, 3.8) is 0 Å². The maximum atomic E-state index is 12.6. The molecule has 33 heavy (non-hydrogen) atoms. The van der Waals surface area contributed by atoms with E-state index in [4.69, 9.17) is 9.84 Å². The summed E-state index contributed by atoms with van der Waals surface area (Å²) in [6, 6.07) is 23.7. The third kappa shape index (κ3) is 3.05. The Balaban J connectivity index is 1.25. The van der Waals surface area contributed by atoms with Crippen molar-refractivity contribution < 1.29 is 9.53 Å². The highest BCUT2D eigenvalue weighted by atomic mass is 16.5. The molecule has 3 heterocycles. The summed E-state index contributed by atoms with van der Waals surface area (Å²) in [5.74, 6) is 1.57. The van der Waals surface area contributed by atoms with E-state index >= 15 is 0 Å². The number of benzene rings is 3. The molecular formula is C28H27N3O2. The summed E-state index contributed by atoms with van der Waals surface area (Å²) in [5, 5.41) is 9.92. The van der Waals surface area contributed by atoms with E-state index in [0.29, 0.717) is 5.91 Å². The Morgan fingerprint density at radius 1 is 0.939 bits per heavy atom. The molecule has 1 amide bonds. The molecule has 0 bridgehead atoms. The van der Waals surface area contributed by atoms with Crippen LogP contribution in [0.3, 0.4) is 0 Å². The first-order chi connectivity index (χ1) is 16.2. The summed E-state index contributed by atoms with van der Waals surface area (Å²) < 4.78 is 6.71. The van der Waals surface area contributed by atoms with Gasteiger partial charge in [-0.2, -0.15) is 5.10 Å². The Kier molecular flexibility index (Phi) is 4.11. The lowest BCUT2D eigenvalue weighted by Gasteiger charge is -2.51. The molecule has 5 nitrogen and oxygen atoms in total. The van der Waals surface area contributed by atoms with Gasteiger partial charge in [0.1, 0.15) is 5.75 Å². The minimum atomic E-state index is -0.488. The van der Waals surface area contributed by atoms with Crippen molar-refractivity contribution >= 4 is 22.4 Å². The van der Waals surface area contributed by atoms with Gasteiger partial charge >= 0.3 is 0 Å². The summed E-state index contributed by atoms with van der Waals surface area (Å²) in [7, 11) is 0. The van der Waals surface area contributed by atoms with Crippen molar-refractivity contribution in [1.29, 1.82) is 0 Å². The Morgan fingerprint density at radius 3 is 2.52 bits per heavy atom. The molecule has 0 unspecified atom stereocenters. The predicted molar refractivity (Wildman–Crippen MR) is 128 cm³/mol. The van der Waals surface area contributed by atoms with E-state index in [1.807, 2.05) is 11.0 Å². The molecule has 0 N–H and O–H groups in total. The number of fused-ring (bicyclic) bond motifs is 5. The molecule has 7 rings (SSSR count). The smallest absolute Gasteiger partial charge is 0.225 e. The van der Waals surface area contributed by atoms with Crippen LogP contribution in [0.2, 0.25) is 0 Å². The molecule has 1 aliphatic carbocycles. The van der Waals surface area contributed by atoms with E-state index < -0.39 is 5.72 Å². The molecule has 1 atom stereocenters. The van der Waals surface area contributed by atoms with Crippen LogP contribution in [0, 0.1) is 5.92 Å². The van der Waals surface area contributed by atoms with Gasteiger partial charge in [-0.15, -0.1) is 0 Å². The fraction of sp³-hybridized carbons (Fsp3) is 0.357. The Labute approximate surface area is 193 Å². The Morgan fingerprint density at radius 2 is 1.70 bits per heavy atom. The number of carbonyl (C=O) groups excluding carboxylic acids is 1. The van der Waals surface area contributed by atoms with E-state index in [1.165, 1.54) is 21.9 Å². The van der Waals surface area contributed by atoms with Gasteiger partial charge < -0.3 is 9.64 Å². The number of carbonyl (C=O) groups is 1.